The number of halogens is 1. The lowest BCUT2D eigenvalue weighted by molar-refractivity contribution is -0.918. The molecule has 4 heteroatoms. The van der Waals surface area contributed by atoms with Gasteiger partial charge in [0, 0.05) is 10.2 Å². The van der Waals surface area contributed by atoms with E-state index in [1.165, 1.54) is 24.2 Å². The molecule has 98 valence electrons. The van der Waals surface area contributed by atoms with E-state index in [0.717, 1.165) is 23.2 Å². The number of benzene rings is 1. The zero-order valence-corrected chi connectivity index (χ0v) is 12.3. The van der Waals surface area contributed by atoms with Crippen molar-refractivity contribution in [1.82, 2.24) is 0 Å². The van der Waals surface area contributed by atoms with Crippen LogP contribution in [0.15, 0.2) is 28.7 Å². The molecule has 3 nitrogen and oxygen atoms in total. The van der Waals surface area contributed by atoms with Crippen LogP contribution in [0.1, 0.15) is 26.2 Å². The minimum absolute atomic E-state index is 0.0361. The number of likely N-dealkylation sites (tertiary alicyclic amines) is 1. The zero-order chi connectivity index (χ0) is 13.0. The highest BCUT2D eigenvalue weighted by atomic mass is 79.9. The first-order chi connectivity index (χ1) is 8.66. The fraction of sp³-hybridized carbons (Fsp3) is 0.500. The molecule has 1 amide bonds. The number of rotatable bonds is 3. The molecule has 2 N–H and O–H groups in total. The van der Waals surface area contributed by atoms with Crippen LogP contribution >= 0.6 is 15.9 Å². The van der Waals surface area contributed by atoms with Crippen molar-refractivity contribution in [3.05, 3.63) is 28.7 Å². The molecule has 0 spiro atoms. The second-order valence-corrected chi connectivity index (χ2v) is 5.85. The Labute approximate surface area is 117 Å². The van der Waals surface area contributed by atoms with Crippen LogP contribution in [0.5, 0.6) is 0 Å². The first kappa shape index (κ1) is 13.6. The fourth-order valence-corrected chi connectivity index (χ4v) is 2.67. The average Bonchev–Trinajstić information content (AvgIpc) is 2.41. The number of piperidine rings is 1. The summed E-state index contributed by atoms with van der Waals surface area (Å²) < 4.78 is 1.02. The maximum Gasteiger partial charge on any atom is 0.282 e. The lowest BCUT2D eigenvalue weighted by Crippen LogP contribution is -3.17. The van der Waals surface area contributed by atoms with E-state index in [0.29, 0.717) is 0 Å². The van der Waals surface area contributed by atoms with Crippen LogP contribution in [0.4, 0.5) is 5.69 Å². The van der Waals surface area contributed by atoms with E-state index in [1.807, 2.05) is 31.2 Å². The van der Waals surface area contributed by atoms with Crippen LogP contribution in [-0.4, -0.2) is 25.0 Å². The molecule has 1 aliphatic rings. The molecule has 1 atom stereocenters. The molecule has 2 rings (SSSR count). The molecule has 1 saturated heterocycles. The van der Waals surface area contributed by atoms with Gasteiger partial charge in [-0.25, -0.2) is 0 Å². The summed E-state index contributed by atoms with van der Waals surface area (Å²) in [7, 11) is 0. The van der Waals surface area contributed by atoms with E-state index in [4.69, 9.17) is 0 Å². The van der Waals surface area contributed by atoms with Gasteiger partial charge in [0.1, 0.15) is 0 Å². The van der Waals surface area contributed by atoms with Crippen molar-refractivity contribution in [3.8, 4) is 0 Å². The van der Waals surface area contributed by atoms with Crippen molar-refractivity contribution in [1.29, 1.82) is 0 Å². The average molecular weight is 312 g/mol. The summed E-state index contributed by atoms with van der Waals surface area (Å²) >= 11 is 3.39. The SMILES string of the molecule is C[C@H](C(=O)Nc1ccc(Br)cc1)[NH+]1CCCCC1. The van der Waals surface area contributed by atoms with Crippen LogP contribution in [0.25, 0.3) is 0 Å². The number of hydrogen-bond acceptors (Lipinski definition) is 1. The maximum absolute atomic E-state index is 12.2. The summed E-state index contributed by atoms with van der Waals surface area (Å²) in [5.41, 5.74) is 0.867. The molecule has 0 aliphatic carbocycles. The zero-order valence-electron chi connectivity index (χ0n) is 10.7. The Balaban J connectivity index is 1.92. The third kappa shape index (κ3) is 3.56. The molecule has 0 aromatic heterocycles. The Morgan fingerprint density at radius 2 is 1.83 bits per heavy atom. The summed E-state index contributed by atoms with van der Waals surface area (Å²) in [6.45, 7) is 4.26. The van der Waals surface area contributed by atoms with Crippen LogP contribution in [0, 0.1) is 0 Å². The monoisotopic (exact) mass is 311 g/mol. The van der Waals surface area contributed by atoms with Crippen LogP contribution in [0.3, 0.4) is 0 Å². The van der Waals surface area contributed by atoms with Gasteiger partial charge in [0.15, 0.2) is 6.04 Å². The van der Waals surface area contributed by atoms with Gasteiger partial charge in [0.05, 0.1) is 13.1 Å². The Morgan fingerprint density at radius 3 is 2.44 bits per heavy atom. The molecule has 1 fully saturated rings. The second kappa shape index (κ2) is 6.34. The number of carbonyl (C=O) groups is 1. The molecule has 1 heterocycles. The predicted octanol–water partition coefficient (Wildman–Crippen LogP) is 1.84. The molecular formula is C14H20BrN2O+. The van der Waals surface area contributed by atoms with Crippen LogP contribution in [-0.2, 0) is 4.79 Å². The minimum Gasteiger partial charge on any atom is -0.325 e. The Hall–Kier alpha value is -0.870. The molecular weight excluding hydrogens is 292 g/mol. The van der Waals surface area contributed by atoms with Crippen molar-refractivity contribution in [2.24, 2.45) is 0 Å². The summed E-state index contributed by atoms with van der Waals surface area (Å²) in [5.74, 6) is 0.120. The Bertz CT molecular complexity index is 399. The number of nitrogens with one attached hydrogen (secondary N) is 2. The van der Waals surface area contributed by atoms with Gasteiger partial charge in [0.2, 0.25) is 0 Å². The number of carbonyl (C=O) groups excluding carboxylic acids is 1. The number of hydrogen-bond donors (Lipinski definition) is 2. The van der Waals surface area contributed by atoms with Crippen molar-refractivity contribution in [2.75, 3.05) is 18.4 Å². The van der Waals surface area contributed by atoms with E-state index in [-0.39, 0.29) is 11.9 Å². The van der Waals surface area contributed by atoms with Crippen molar-refractivity contribution in [3.63, 3.8) is 0 Å². The van der Waals surface area contributed by atoms with Crippen LogP contribution in [0.2, 0.25) is 0 Å². The van der Waals surface area contributed by atoms with E-state index in [2.05, 4.69) is 21.2 Å². The standard InChI is InChI=1S/C14H19BrN2O/c1-11(17-9-3-2-4-10-17)14(18)16-13-7-5-12(15)6-8-13/h5-8,11H,2-4,9-10H2,1H3,(H,16,18)/p+1/t11-/m1/s1. The summed E-state index contributed by atoms with van der Waals surface area (Å²) in [4.78, 5) is 13.6. The molecule has 1 aliphatic heterocycles. The van der Waals surface area contributed by atoms with Gasteiger partial charge in [0.25, 0.3) is 5.91 Å². The van der Waals surface area contributed by atoms with Gasteiger partial charge >= 0.3 is 0 Å². The molecule has 1 aromatic rings. The lowest BCUT2D eigenvalue weighted by atomic mass is 10.1. The maximum atomic E-state index is 12.2. The van der Waals surface area contributed by atoms with Crippen LogP contribution < -0.4 is 10.2 Å². The van der Waals surface area contributed by atoms with Gasteiger partial charge in [-0.3, -0.25) is 4.79 Å². The quantitative estimate of drug-likeness (QED) is 0.877. The van der Waals surface area contributed by atoms with E-state index in [1.54, 1.807) is 0 Å². The third-order valence-corrected chi connectivity index (χ3v) is 4.14. The van der Waals surface area contributed by atoms with E-state index >= 15 is 0 Å². The topological polar surface area (TPSA) is 33.5 Å². The van der Waals surface area contributed by atoms with E-state index < -0.39 is 0 Å². The molecule has 0 radical (unpaired) electrons. The minimum atomic E-state index is 0.0361. The van der Waals surface area contributed by atoms with Gasteiger partial charge in [-0.15, -0.1) is 0 Å². The van der Waals surface area contributed by atoms with Gasteiger partial charge < -0.3 is 10.2 Å². The van der Waals surface area contributed by atoms with E-state index in [9.17, 15) is 4.79 Å². The lowest BCUT2D eigenvalue weighted by Gasteiger charge is -2.28. The molecule has 0 unspecified atom stereocenters. The fourth-order valence-electron chi connectivity index (χ4n) is 2.41. The third-order valence-electron chi connectivity index (χ3n) is 3.61. The summed E-state index contributed by atoms with van der Waals surface area (Å²) in [6.07, 6.45) is 3.79. The highest BCUT2D eigenvalue weighted by molar-refractivity contribution is 9.10. The highest BCUT2D eigenvalue weighted by Gasteiger charge is 2.26. The number of amides is 1. The van der Waals surface area contributed by atoms with Gasteiger partial charge in [-0.1, -0.05) is 15.9 Å². The van der Waals surface area contributed by atoms with Crippen molar-refractivity contribution in [2.45, 2.75) is 32.2 Å². The van der Waals surface area contributed by atoms with Crippen molar-refractivity contribution < 1.29 is 9.69 Å². The molecule has 18 heavy (non-hydrogen) atoms. The first-order valence-electron chi connectivity index (χ1n) is 6.58. The molecule has 0 bridgehead atoms. The summed E-state index contributed by atoms with van der Waals surface area (Å²) in [5, 5.41) is 2.99. The molecule has 0 saturated carbocycles. The highest BCUT2D eigenvalue weighted by Crippen LogP contribution is 2.14. The van der Waals surface area contributed by atoms with Gasteiger partial charge in [-0.2, -0.15) is 0 Å². The smallest absolute Gasteiger partial charge is 0.282 e. The predicted molar refractivity (Wildman–Crippen MR) is 76.8 cm³/mol. The molecule has 1 aromatic carbocycles. The normalized spacial score (nSPS) is 18.3. The van der Waals surface area contributed by atoms with Gasteiger partial charge in [-0.05, 0) is 50.5 Å². The number of anilines is 1. The Kier molecular flexibility index (Phi) is 4.78. The largest absolute Gasteiger partial charge is 0.325 e. The van der Waals surface area contributed by atoms with Crippen molar-refractivity contribution >= 4 is 27.5 Å². The summed E-state index contributed by atoms with van der Waals surface area (Å²) in [6, 6.07) is 7.75. The Morgan fingerprint density at radius 1 is 1.22 bits per heavy atom. The second-order valence-electron chi connectivity index (χ2n) is 4.94. The number of quaternary nitrogens is 1. The first-order valence-corrected chi connectivity index (χ1v) is 7.37.